The molecule has 1 aliphatic heterocycles. The van der Waals surface area contributed by atoms with Crippen molar-refractivity contribution < 1.29 is 4.74 Å². The maximum absolute atomic E-state index is 5.17. The molecular weight excluding hydrogens is 188 g/mol. The molecule has 1 rings (SSSR count). The van der Waals surface area contributed by atoms with Gasteiger partial charge in [0, 0.05) is 52.5 Å². The van der Waals surface area contributed by atoms with Crippen LogP contribution in [-0.2, 0) is 4.74 Å². The number of rotatable bonds is 5. The summed E-state index contributed by atoms with van der Waals surface area (Å²) in [5.41, 5.74) is 0. The largest absolute Gasteiger partial charge is 0.384 e. The molecule has 90 valence electrons. The van der Waals surface area contributed by atoms with Crippen molar-refractivity contribution in [3.8, 4) is 0 Å². The van der Waals surface area contributed by atoms with Crippen molar-refractivity contribution in [3.05, 3.63) is 0 Å². The summed E-state index contributed by atoms with van der Waals surface area (Å²) in [6, 6.07) is 0.698. The van der Waals surface area contributed by atoms with Crippen LogP contribution in [0.15, 0.2) is 0 Å². The zero-order valence-electron chi connectivity index (χ0n) is 10.7. The monoisotopic (exact) mass is 214 g/mol. The molecular formula is C12H26N2O. The number of hydrogen-bond acceptors (Lipinski definition) is 3. The molecule has 0 spiro atoms. The first-order chi connectivity index (χ1) is 7.13. The molecule has 1 atom stereocenters. The van der Waals surface area contributed by atoms with Crippen molar-refractivity contribution in [1.82, 2.24) is 9.80 Å². The molecule has 0 aromatic heterocycles. The number of ether oxygens (including phenoxy) is 1. The average molecular weight is 214 g/mol. The molecule has 0 amide bonds. The lowest BCUT2D eigenvalue weighted by Crippen LogP contribution is -2.49. The quantitative estimate of drug-likeness (QED) is 0.686. The summed E-state index contributed by atoms with van der Waals surface area (Å²) in [6.45, 7) is 13.8. The van der Waals surface area contributed by atoms with Gasteiger partial charge in [0.15, 0.2) is 0 Å². The number of methoxy groups -OCH3 is 1. The molecule has 0 saturated carbocycles. The van der Waals surface area contributed by atoms with E-state index in [2.05, 4.69) is 30.6 Å². The summed E-state index contributed by atoms with van der Waals surface area (Å²) in [5.74, 6) is 0.653. The summed E-state index contributed by atoms with van der Waals surface area (Å²) < 4.78 is 5.17. The predicted molar refractivity (Wildman–Crippen MR) is 64.2 cm³/mol. The lowest BCUT2D eigenvalue weighted by atomic mass is 10.1. The lowest BCUT2D eigenvalue weighted by Gasteiger charge is -2.37. The van der Waals surface area contributed by atoms with E-state index >= 15 is 0 Å². The Hall–Kier alpha value is -0.120. The molecule has 0 aromatic carbocycles. The third-order valence-corrected chi connectivity index (χ3v) is 3.16. The Bertz CT molecular complexity index is 165. The van der Waals surface area contributed by atoms with Crippen LogP contribution in [0.4, 0.5) is 0 Å². The summed E-state index contributed by atoms with van der Waals surface area (Å²) in [7, 11) is 1.78. The SMILES string of the molecule is COCC(C)CN1CCN(C(C)C)CC1. The van der Waals surface area contributed by atoms with Gasteiger partial charge in [-0.15, -0.1) is 0 Å². The summed E-state index contributed by atoms with van der Waals surface area (Å²) in [6.07, 6.45) is 0. The van der Waals surface area contributed by atoms with Gasteiger partial charge in [-0.25, -0.2) is 0 Å². The molecule has 3 heteroatoms. The van der Waals surface area contributed by atoms with Crippen molar-refractivity contribution in [2.45, 2.75) is 26.8 Å². The van der Waals surface area contributed by atoms with Gasteiger partial charge in [-0.1, -0.05) is 6.92 Å². The minimum Gasteiger partial charge on any atom is -0.384 e. The Morgan fingerprint density at radius 1 is 1.07 bits per heavy atom. The van der Waals surface area contributed by atoms with Crippen LogP contribution in [0.1, 0.15) is 20.8 Å². The highest BCUT2D eigenvalue weighted by molar-refractivity contribution is 4.75. The van der Waals surface area contributed by atoms with Crippen LogP contribution < -0.4 is 0 Å². The molecule has 0 bridgehead atoms. The first-order valence-corrected chi connectivity index (χ1v) is 6.08. The molecule has 0 aromatic rings. The molecule has 1 aliphatic rings. The van der Waals surface area contributed by atoms with Crippen molar-refractivity contribution in [2.75, 3.05) is 46.4 Å². The third kappa shape index (κ3) is 4.49. The zero-order chi connectivity index (χ0) is 11.3. The fourth-order valence-corrected chi connectivity index (χ4v) is 2.24. The second-order valence-electron chi connectivity index (χ2n) is 4.99. The highest BCUT2D eigenvalue weighted by Gasteiger charge is 2.19. The zero-order valence-corrected chi connectivity index (χ0v) is 10.7. The highest BCUT2D eigenvalue weighted by atomic mass is 16.5. The molecule has 15 heavy (non-hydrogen) atoms. The average Bonchev–Trinajstić information content (AvgIpc) is 2.18. The highest BCUT2D eigenvalue weighted by Crippen LogP contribution is 2.08. The van der Waals surface area contributed by atoms with Gasteiger partial charge in [0.2, 0.25) is 0 Å². The van der Waals surface area contributed by atoms with E-state index < -0.39 is 0 Å². The predicted octanol–water partition coefficient (Wildman–Crippen LogP) is 1.29. The van der Waals surface area contributed by atoms with E-state index in [4.69, 9.17) is 4.74 Å². The van der Waals surface area contributed by atoms with Crippen molar-refractivity contribution in [1.29, 1.82) is 0 Å². The van der Waals surface area contributed by atoms with Crippen LogP contribution in [0.25, 0.3) is 0 Å². The van der Waals surface area contributed by atoms with Crippen molar-refractivity contribution in [3.63, 3.8) is 0 Å². The van der Waals surface area contributed by atoms with Gasteiger partial charge in [-0.2, -0.15) is 0 Å². The van der Waals surface area contributed by atoms with E-state index in [0.717, 1.165) is 6.61 Å². The minimum atomic E-state index is 0.653. The van der Waals surface area contributed by atoms with E-state index in [-0.39, 0.29) is 0 Å². The summed E-state index contributed by atoms with van der Waals surface area (Å²) in [5, 5.41) is 0. The van der Waals surface area contributed by atoms with Gasteiger partial charge in [0.05, 0.1) is 0 Å². The lowest BCUT2D eigenvalue weighted by molar-refractivity contribution is 0.0789. The van der Waals surface area contributed by atoms with Crippen LogP contribution in [0.5, 0.6) is 0 Å². The van der Waals surface area contributed by atoms with E-state index in [1.165, 1.54) is 32.7 Å². The fourth-order valence-electron chi connectivity index (χ4n) is 2.24. The molecule has 0 radical (unpaired) electrons. The molecule has 1 heterocycles. The molecule has 3 nitrogen and oxygen atoms in total. The van der Waals surface area contributed by atoms with E-state index in [9.17, 15) is 0 Å². The summed E-state index contributed by atoms with van der Waals surface area (Å²) in [4.78, 5) is 5.11. The molecule has 0 aliphatic carbocycles. The normalized spacial score (nSPS) is 22.2. The van der Waals surface area contributed by atoms with Gasteiger partial charge < -0.3 is 9.64 Å². The Morgan fingerprint density at radius 2 is 1.67 bits per heavy atom. The second-order valence-corrected chi connectivity index (χ2v) is 4.99. The van der Waals surface area contributed by atoms with Crippen molar-refractivity contribution >= 4 is 0 Å². The van der Waals surface area contributed by atoms with E-state index in [1.807, 2.05) is 0 Å². The van der Waals surface area contributed by atoms with E-state index in [1.54, 1.807) is 7.11 Å². The van der Waals surface area contributed by atoms with Gasteiger partial charge >= 0.3 is 0 Å². The molecule has 0 N–H and O–H groups in total. The Labute approximate surface area is 94.4 Å². The fraction of sp³-hybridized carbons (Fsp3) is 1.00. The van der Waals surface area contributed by atoms with E-state index in [0.29, 0.717) is 12.0 Å². The van der Waals surface area contributed by atoms with Crippen LogP contribution >= 0.6 is 0 Å². The topological polar surface area (TPSA) is 15.7 Å². The number of piperazine rings is 1. The number of nitrogens with zero attached hydrogens (tertiary/aromatic N) is 2. The Balaban J connectivity index is 2.19. The maximum atomic E-state index is 5.17. The first kappa shape index (κ1) is 12.9. The molecule has 1 unspecified atom stereocenters. The molecule has 1 saturated heterocycles. The van der Waals surface area contributed by atoms with Crippen LogP contribution in [0.3, 0.4) is 0 Å². The third-order valence-electron chi connectivity index (χ3n) is 3.16. The number of hydrogen-bond donors (Lipinski definition) is 0. The minimum absolute atomic E-state index is 0.653. The van der Waals surface area contributed by atoms with Crippen LogP contribution in [0, 0.1) is 5.92 Å². The van der Waals surface area contributed by atoms with Gasteiger partial charge in [-0.05, 0) is 19.8 Å². The van der Waals surface area contributed by atoms with Gasteiger partial charge in [0.1, 0.15) is 0 Å². The summed E-state index contributed by atoms with van der Waals surface area (Å²) >= 11 is 0. The van der Waals surface area contributed by atoms with Crippen LogP contribution in [-0.4, -0.2) is 62.3 Å². The second kappa shape index (κ2) is 6.46. The first-order valence-electron chi connectivity index (χ1n) is 6.08. The van der Waals surface area contributed by atoms with Crippen LogP contribution in [0.2, 0.25) is 0 Å². The Kier molecular flexibility index (Phi) is 5.58. The van der Waals surface area contributed by atoms with Crippen molar-refractivity contribution in [2.24, 2.45) is 5.92 Å². The van der Waals surface area contributed by atoms with Gasteiger partial charge in [-0.3, -0.25) is 4.90 Å². The van der Waals surface area contributed by atoms with Gasteiger partial charge in [0.25, 0.3) is 0 Å². The maximum Gasteiger partial charge on any atom is 0.0500 e. The Morgan fingerprint density at radius 3 is 2.13 bits per heavy atom. The smallest absolute Gasteiger partial charge is 0.0500 e. The standard InChI is InChI=1S/C12H26N2O/c1-11(2)14-7-5-13(6-8-14)9-12(3)10-15-4/h11-12H,5-10H2,1-4H3. The molecule has 1 fully saturated rings.